The first-order valence-corrected chi connectivity index (χ1v) is 8.33. The number of morpholine rings is 1. The Hall–Kier alpha value is -2.41. The van der Waals surface area contributed by atoms with E-state index in [4.69, 9.17) is 9.47 Å². The summed E-state index contributed by atoms with van der Waals surface area (Å²) in [6.07, 6.45) is -0.899. The molecule has 0 spiro atoms. The summed E-state index contributed by atoms with van der Waals surface area (Å²) in [6.45, 7) is 6.88. The van der Waals surface area contributed by atoms with Crippen LogP contribution in [0.2, 0.25) is 0 Å². The number of carbonyl (C=O) groups excluding carboxylic acids is 3. The van der Waals surface area contributed by atoms with Gasteiger partial charge in [0.2, 0.25) is 0 Å². The van der Waals surface area contributed by atoms with E-state index in [-0.39, 0.29) is 11.8 Å². The maximum Gasteiger partial charge on any atom is 0.329 e. The van der Waals surface area contributed by atoms with Gasteiger partial charge in [-0.3, -0.25) is 9.59 Å². The number of esters is 1. The van der Waals surface area contributed by atoms with E-state index < -0.39 is 18.1 Å². The number of aryl methyl sites for hydroxylation is 1. The molecule has 0 radical (unpaired) electrons. The van der Waals surface area contributed by atoms with Crippen molar-refractivity contribution in [2.24, 2.45) is 0 Å². The van der Waals surface area contributed by atoms with Gasteiger partial charge in [0.1, 0.15) is 6.04 Å². The molecule has 0 aliphatic carbocycles. The summed E-state index contributed by atoms with van der Waals surface area (Å²) in [6, 6.07) is 6.21. The van der Waals surface area contributed by atoms with Gasteiger partial charge in [-0.05, 0) is 32.9 Å². The first-order valence-electron chi connectivity index (χ1n) is 8.33. The Morgan fingerprint density at radius 3 is 2.52 bits per heavy atom. The van der Waals surface area contributed by atoms with Gasteiger partial charge >= 0.3 is 5.97 Å². The van der Waals surface area contributed by atoms with Crippen LogP contribution in [0.3, 0.4) is 0 Å². The molecule has 0 bridgehead atoms. The fraction of sp³-hybridized carbons (Fsp3) is 0.500. The summed E-state index contributed by atoms with van der Waals surface area (Å²) < 4.78 is 10.4. The predicted molar refractivity (Wildman–Crippen MR) is 91.1 cm³/mol. The minimum atomic E-state index is -0.899. The molecule has 136 valence electrons. The molecule has 1 fully saturated rings. The minimum absolute atomic E-state index is 0.256. The van der Waals surface area contributed by atoms with Crippen molar-refractivity contribution in [1.29, 1.82) is 0 Å². The highest BCUT2D eigenvalue weighted by Gasteiger charge is 2.27. The van der Waals surface area contributed by atoms with Crippen molar-refractivity contribution in [2.75, 3.05) is 26.3 Å². The molecule has 2 atom stereocenters. The van der Waals surface area contributed by atoms with Crippen molar-refractivity contribution >= 4 is 17.8 Å². The molecular weight excluding hydrogens is 324 g/mol. The third-order valence-corrected chi connectivity index (χ3v) is 3.94. The quantitative estimate of drug-likeness (QED) is 0.800. The number of rotatable bonds is 5. The van der Waals surface area contributed by atoms with E-state index in [1.807, 2.05) is 13.0 Å². The first-order chi connectivity index (χ1) is 11.9. The highest BCUT2D eigenvalue weighted by atomic mass is 16.5. The Kier molecular flexibility index (Phi) is 6.52. The van der Waals surface area contributed by atoms with E-state index in [1.165, 1.54) is 13.8 Å². The summed E-state index contributed by atoms with van der Waals surface area (Å²) in [7, 11) is 0. The molecule has 1 aromatic rings. The number of nitrogens with one attached hydrogen (secondary N) is 1. The second-order valence-electron chi connectivity index (χ2n) is 6.08. The van der Waals surface area contributed by atoms with Gasteiger partial charge in [0, 0.05) is 18.7 Å². The Morgan fingerprint density at radius 1 is 1.20 bits per heavy atom. The molecule has 1 N–H and O–H groups in total. The Balaban J connectivity index is 1.86. The minimum Gasteiger partial charge on any atom is -0.451 e. The number of nitrogens with zero attached hydrogens (tertiary/aromatic N) is 1. The first kappa shape index (κ1) is 18.9. The average Bonchev–Trinajstić information content (AvgIpc) is 2.61. The second-order valence-corrected chi connectivity index (χ2v) is 6.08. The van der Waals surface area contributed by atoms with Crippen LogP contribution in [0.1, 0.15) is 29.8 Å². The lowest BCUT2D eigenvalue weighted by Crippen LogP contribution is -2.47. The largest absolute Gasteiger partial charge is 0.451 e. The Bertz CT molecular complexity index is 640. The zero-order valence-corrected chi connectivity index (χ0v) is 14.8. The van der Waals surface area contributed by atoms with Crippen molar-refractivity contribution < 1.29 is 23.9 Å². The molecule has 25 heavy (non-hydrogen) atoms. The maximum absolute atomic E-state index is 12.2. The van der Waals surface area contributed by atoms with E-state index in [2.05, 4.69) is 5.32 Å². The van der Waals surface area contributed by atoms with E-state index >= 15 is 0 Å². The normalized spacial score (nSPS) is 16.7. The highest BCUT2D eigenvalue weighted by Crippen LogP contribution is 2.07. The van der Waals surface area contributed by atoms with Gasteiger partial charge in [-0.25, -0.2) is 4.79 Å². The SMILES string of the molecule is Cc1cccc(C(=O)N[C@H](C)C(=O)O[C@H](C)C(=O)N2CCOCC2)c1. The molecule has 0 unspecified atom stereocenters. The van der Waals surface area contributed by atoms with Crippen molar-refractivity contribution in [3.05, 3.63) is 35.4 Å². The van der Waals surface area contributed by atoms with Gasteiger partial charge in [0.15, 0.2) is 6.10 Å². The topological polar surface area (TPSA) is 84.9 Å². The van der Waals surface area contributed by atoms with Crippen molar-refractivity contribution in [2.45, 2.75) is 32.9 Å². The van der Waals surface area contributed by atoms with E-state index in [1.54, 1.807) is 23.1 Å². The van der Waals surface area contributed by atoms with Gasteiger partial charge in [0.25, 0.3) is 11.8 Å². The molecule has 1 aliphatic heterocycles. The van der Waals surface area contributed by atoms with Crippen LogP contribution in [0.4, 0.5) is 0 Å². The number of ether oxygens (including phenoxy) is 2. The van der Waals surface area contributed by atoms with Crippen LogP contribution in [0, 0.1) is 6.92 Å². The average molecular weight is 348 g/mol. The molecule has 2 rings (SSSR count). The zero-order valence-electron chi connectivity index (χ0n) is 14.8. The molecule has 1 saturated heterocycles. The molecule has 0 aromatic heterocycles. The fourth-order valence-electron chi connectivity index (χ4n) is 2.49. The van der Waals surface area contributed by atoms with Crippen molar-refractivity contribution in [3.63, 3.8) is 0 Å². The Morgan fingerprint density at radius 2 is 1.88 bits per heavy atom. The van der Waals surface area contributed by atoms with Crippen molar-refractivity contribution in [1.82, 2.24) is 10.2 Å². The van der Waals surface area contributed by atoms with Gasteiger partial charge in [-0.2, -0.15) is 0 Å². The third kappa shape index (κ3) is 5.29. The van der Waals surface area contributed by atoms with Crippen LogP contribution in [0.25, 0.3) is 0 Å². The summed E-state index contributed by atoms with van der Waals surface area (Å²) in [5.74, 6) is -1.26. The molecule has 1 heterocycles. The van der Waals surface area contributed by atoms with Gasteiger partial charge in [-0.1, -0.05) is 17.7 Å². The summed E-state index contributed by atoms with van der Waals surface area (Å²) in [4.78, 5) is 38.2. The van der Waals surface area contributed by atoms with Crippen LogP contribution < -0.4 is 5.32 Å². The van der Waals surface area contributed by atoms with E-state index in [0.717, 1.165) is 5.56 Å². The lowest BCUT2D eigenvalue weighted by atomic mass is 10.1. The van der Waals surface area contributed by atoms with Gasteiger partial charge < -0.3 is 19.7 Å². The third-order valence-electron chi connectivity index (χ3n) is 3.94. The maximum atomic E-state index is 12.2. The van der Waals surface area contributed by atoms with Crippen LogP contribution in [-0.4, -0.2) is 61.1 Å². The lowest BCUT2D eigenvalue weighted by molar-refractivity contribution is -0.162. The van der Waals surface area contributed by atoms with E-state index in [0.29, 0.717) is 31.9 Å². The molecule has 7 nitrogen and oxygen atoms in total. The van der Waals surface area contributed by atoms with Crippen LogP contribution in [0.5, 0.6) is 0 Å². The Labute approximate surface area is 147 Å². The standard InChI is InChI=1S/C18H24N2O5/c1-12-5-4-6-15(11-12)16(21)19-13(2)18(23)25-14(3)17(22)20-7-9-24-10-8-20/h4-6,11,13-14H,7-10H2,1-3H3,(H,19,21)/t13-,14-/m1/s1. The molecule has 1 aliphatic rings. The highest BCUT2D eigenvalue weighted by molar-refractivity contribution is 5.97. The lowest BCUT2D eigenvalue weighted by Gasteiger charge is -2.29. The summed E-state index contributed by atoms with van der Waals surface area (Å²) in [5.41, 5.74) is 1.42. The molecule has 0 saturated carbocycles. The van der Waals surface area contributed by atoms with Gasteiger partial charge in [0.05, 0.1) is 13.2 Å². The zero-order chi connectivity index (χ0) is 18.4. The number of amides is 2. The number of hydrogen-bond donors (Lipinski definition) is 1. The number of hydrogen-bond acceptors (Lipinski definition) is 5. The van der Waals surface area contributed by atoms with Crippen molar-refractivity contribution in [3.8, 4) is 0 Å². The van der Waals surface area contributed by atoms with Crippen LogP contribution >= 0.6 is 0 Å². The predicted octanol–water partition coefficient (Wildman–Crippen LogP) is 0.904. The molecule has 7 heteroatoms. The number of carbonyl (C=O) groups is 3. The molecule has 2 amide bonds. The molecular formula is C18H24N2O5. The summed E-state index contributed by atoms with van der Waals surface area (Å²) >= 11 is 0. The second kappa shape index (κ2) is 8.62. The van der Waals surface area contributed by atoms with Crippen LogP contribution in [-0.2, 0) is 19.1 Å². The monoisotopic (exact) mass is 348 g/mol. The molecule has 1 aromatic carbocycles. The van der Waals surface area contributed by atoms with Gasteiger partial charge in [-0.15, -0.1) is 0 Å². The smallest absolute Gasteiger partial charge is 0.329 e. The number of benzene rings is 1. The fourth-order valence-corrected chi connectivity index (χ4v) is 2.49. The van der Waals surface area contributed by atoms with E-state index in [9.17, 15) is 14.4 Å². The summed E-state index contributed by atoms with van der Waals surface area (Å²) in [5, 5.41) is 2.59. The van der Waals surface area contributed by atoms with Crippen LogP contribution in [0.15, 0.2) is 24.3 Å².